The van der Waals surface area contributed by atoms with Gasteiger partial charge in [0.25, 0.3) is 0 Å². The standard InChI is InChI=1S/C28H32N2O4S2/c1-4-7-16-24(31)29-20-14-11-15-21(17-20)36-23(5-2)26(32)30-27-25(28(33)34-6-3)22(18-35-27)19-12-9-8-10-13-19/h8-15,17-18,23H,4-7,16H2,1-3H3,(H,29,31)(H,30,32). The second-order valence-electron chi connectivity index (χ2n) is 8.12. The number of esters is 1. The topological polar surface area (TPSA) is 84.5 Å². The highest BCUT2D eigenvalue weighted by Gasteiger charge is 2.25. The van der Waals surface area contributed by atoms with E-state index in [-0.39, 0.29) is 23.7 Å². The predicted octanol–water partition coefficient (Wildman–Crippen LogP) is 7.23. The summed E-state index contributed by atoms with van der Waals surface area (Å²) in [4.78, 5) is 39.1. The molecule has 3 rings (SSSR count). The number of unbranched alkanes of at least 4 members (excludes halogenated alkanes) is 1. The van der Waals surface area contributed by atoms with Gasteiger partial charge >= 0.3 is 5.97 Å². The first-order chi connectivity index (χ1) is 17.5. The van der Waals surface area contributed by atoms with E-state index in [9.17, 15) is 14.4 Å². The molecule has 0 aliphatic carbocycles. The molecule has 1 heterocycles. The Kier molecular flexibility index (Phi) is 10.6. The molecule has 1 aromatic heterocycles. The summed E-state index contributed by atoms with van der Waals surface area (Å²) >= 11 is 2.74. The Hall–Kier alpha value is -3.10. The second-order valence-corrected chi connectivity index (χ2v) is 10.3. The van der Waals surface area contributed by atoms with E-state index in [4.69, 9.17) is 4.74 Å². The van der Waals surface area contributed by atoms with Gasteiger partial charge in [0.05, 0.1) is 11.9 Å². The minimum Gasteiger partial charge on any atom is -0.462 e. The van der Waals surface area contributed by atoms with Gasteiger partial charge in [0.15, 0.2) is 0 Å². The Labute approximate surface area is 220 Å². The molecule has 3 aromatic rings. The maximum absolute atomic E-state index is 13.3. The highest BCUT2D eigenvalue weighted by atomic mass is 32.2. The number of carbonyl (C=O) groups excluding carboxylic acids is 3. The van der Waals surface area contributed by atoms with Gasteiger partial charge in [-0.25, -0.2) is 4.79 Å². The van der Waals surface area contributed by atoms with Gasteiger partial charge in [-0.2, -0.15) is 0 Å². The molecule has 0 aliphatic rings. The molecule has 8 heteroatoms. The SMILES string of the molecule is CCCCC(=O)Nc1cccc(SC(CC)C(=O)Nc2scc(-c3ccccc3)c2C(=O)OCC)c1. The van der Waals surface area contributed by atoms with Crippen LogP contribution in [0.1, 0.15) is 56.8 Å². The summed E-state index contributed by atoms with van der Waals surface area (Å²) < 4.78 is 5.30. The quantitative estimate of drug-likeness (QED) is 0.193. The fourth-order valence-electron chi connectivity index (χ4n) is 3.57. The first-order valence-corrected chi connectivity index (χ1v) is 13.9. The zero-order valence-corrected chi connectivity index (χ0v) is 22.5. The Morgan fingerprint density at radius 2 is 1.78 bits per heavy atom. The molecular formula is C28H32N2O4S2. The fraction of sp³-hybridized carbons (Fsp3) is 0.321. The normalized spacial score (nSPS) is 11.5. The number of hydrogen-bond acceptors (Lipinski definition) is 6. The molecule has 36 heavy (non-hydrogen) atoms. The van der Waals surface area contributed by atoms with Gasteiger partial charge in [0, 0.05) is 27.9 Å². The van der Waals surface area contributed by atoms with Crippen molar-refractivity contribution in [2.24, 2.45) is 0 Å². The molecule has 0 bridgehead atoms. The maximum atomic E-state index is 13.3. The molecule has 0 saturated heterocycles. The first-order valence-electron chi connectivity index (χ1n) is 12.2. The Balaban J connectivity index is 1.76. The number of benzene rings is 2. The summed E-state index contributed by atoms with van der Waals surface area (Å²) in [6.07, 6.45) is 2.89. The molecule has 2 amide bonds. The lowest BCUT2D eigenvalue weighted by molar-refractivity contribution is -0.116. The Morgan fingerprint density at radius 3 is 2.47 bits per heavy atom. The van der Waals surface area contributed by atoms with Crippen molar-refractivity contribution in [3.63, 3.8) is 0 Å². The van der Waals surface area contributed by atoms with Crippen molar-refractivity contribution in [3.05, 3.63) is 65.5 Å². The van der Waals surface area contributed by atoms with Crippen LogP contribution in [0.15, 0.2) is 64.9 Å². The van der Waals surface area contributed by atoms with E-state index in [1.807, 2.05) is 66.9 Å². The van der Waals surface area contributed by atoms with E-state index < -0.39 is 5.97 Å². The van der Waals surface area contributed by atoms with Crippen molar-refractivity contribution in [2.45, 2.75) is 56.6 Å². The van der Waals surface area contributed by atoms with E-state index in [0.29, 0.717) is 29.1 Å². The van der Waals surface area contributed by atoms with E-state index in [1.165, 1.54) is 23.1 Å². The average molecular weight is 525 g/mol. The van der Waals surface area contributed by atoms with Gasteiger partial charge in [0.2, 0.25) is 11.8 Å². The summed E-state index contributed by atoms with van der Waals surface area (Å²) in [6, 6.07) is 17.1. The van der Waals surface area contributed by atoms with Crippen LogP contribution in [0.2, 0.25) is 0 Å². The minimum atomic E-state index is -0.458. The maximum Gasteiger partial charge on any atom is 0.341 e. The molecule has 0 radical (unpaired) electrons. The number of thioether (sulfide) groups is 1. The molecule has 1 atom stereocenters. The van der Waals surface area contributed by atoms with E-state index >= 15 is 0 Å². The predicted molar refractivity (Wildman–Crippen MR) is 149 cm³/mol. The zero-order valence-electron chi connectivity index (χ0n) is 20.8. The molecule has 0 fully saturated rings. The van der Waals surface area contributed by atoms with Crippen molar-refractivity contribution >= 4 is 51.6 Å². The van der Waals surface area contributed by atoms with Gasteiger partial charge in [-0.1, -0.05) is 56.7 Å². The van der Waals surface area contributed by atoms with Gasteiger partial charge in [-0.15, -0.1) is 23.1 Å². The van der Waals surface area contributed by atoms with Crippen molar-refractivity contribution in [3.8, 4) is 11.1 Å². The van der Waals surface area contributed by atoms with Crippen molar-refractivity contribution in [2.75, 3.05) is 17.2 Å². The summed E-state index contributed by atoms with van der Waals surface area (Å²) in [5.41, 5.74) is 2.71. The van der Waals surface area contributed by atoms with Crippen LogP contribution in [0.4, 0.5) is 10.7 Å². The number of hydrogen-bond donors (Lipinski definition) is 2. The molecule has 190 valence electrons. The number of anilines is 2. The van der Waals surface area contributed by atoms with Crippen LogP contribution in [0.25, 0.3) is 11.1 Å². The zero-order chi connectivity index (χ0) is 25.9. The van der Waals surface area contributed by atoms with Crippen molar-refractivity contribution in [1.29, 1.82) is 0 Å². The molecule has 1 unspecified atom stereocenters. The van der Waals surface area contributed by atoms with Crippen molar-refractivity contribution in [1.82, 2.24) is 0 Å². The Morgan fingerprint density at radius 1 is 1.00 bits per heavy atom. The fourth-order valence-corrected chi connectivity index (χ4v) is 5.55. The number of thiophene rings is 1. The van der Waals surface area contributed by atoms with Crippen LogP contribution < -0.4 is 10.6 Å². The molecule has 6 nitrogen and oxygen atoms in total. The number of nitrogens with one attached hydrogen (secondary N) is 2. The second kappa shape index (κ2) is 13.8. The van der Waals surface area contributed by atoms with Crippen molar-refractivity contribution < 1.29 is 19.1 Å². The molecule has 0 spiro atoms. The molecule has 2 aromatic carbocycles. The summed E-state index contributed by atoms with van der Waals surface area (Å²) in [6.45, 7) is 6.00. The van der Waals surface area contributed by atoms with Gasteiger partial charge in [-0.05, 0) is 43.5 Å². The monoisotopic (exact) mass is 524 g/mol. The lowest BCUT2D eigenvalue weighted by Crippen LogP contribution is -2.25. The number of amides is 2. The highest BCUT2D eigenvalue weighted by molar-refractivity contribution is 8.00. The first kappa shape index (κ1) is 27.5. The van der Waals surface area contributed by atoms with Crippen LogP contribution in [0, 0.1) is 0 Å². The van der Waals surface area contributed by atoms with Crippen LogP contribution in [-0.2, 0) is 14.3 Å². The average Bonchev–Trinajstić information content (AvgIpc) is 3.30. The minimum absolute atomic E-state index is 0.0119. The smallest absolute Gasteiger partial charge is 0.341 e. The number of carbonyl (C=O) groups is 3. The number of ether oxygens (including phenoxy) is 1. The molecule has 0 saturated carbocycles. The third-order valence-corrected chi connectivity index (χ3v) is 7.66. The van der Waals surface area contributed by atoms with E-state index in [2.05, 4.69) is 17.6 Å². The Bertz CT molecular complexity index is 1180. The number of rotatable bonds is 12. The van der Waals surface area contributed by atoms with Gasteiger partial charge < -0.3 is 15.4 Å². The third-order valence-electron chi connectivity index (χ3n) is 5.41. The summed E-state index contributed by atoms with van der Waals surface area (Å²) in [7, 11) is 0. The summed E-state index contributed by atoms with van der Waals surface area (Å²) in [5.74, 6) is -0.658. The molecule has 0 aliphatic heterocycles. The van der Waals surface area contributed by atoms with E-state index in [0.717, 1.165) is 28.9 Å². The van der Waals surface area contributed by atoms with Crippen LogP contribution >= 0.6 is 23.1 Å². The highest BCUT2D eigenvalue weighted by Crippen LogP contribution is 2.37. The lowest BCUT2D eigenvalue weighted by Gasteiger charge is -2.16. The lowest BCUT2D eigenvalue weighted by atomic mass is 10.0. The van der Waals surface area contributed by atoms with Crippen LogP contribution in [-0.4, -0.2) is 29.6 Å². The van der Waals surface area contributed by atoms with Crippen LogP contribution in [0.3, 0.4) is 0 Å². The summed E-state index contributed by atoms with van der Waals surface area (Å²) in [5, 5.41) is 7.86. The molecular weight excluding hydrogens is 492 g/mol. The van der Waals surface area contributed by atoms with Gasteiger partial charge in [-0.3, -0.25) is 9.59 Å². The third kappa shape index (κ3) is 7.45. The largest absolute Gasteiger partial charge is 0.462 e. The van der Waals surface area contributed by atoms with Gasteiger partial charge in [0.1, 0.15) is 10.6 Å². The van der Waals surface area contributed by atoms with E-state index in [1.54, 1.807) is 6.92 Å². The van der Waals surface area contributed by atoms with Crippen LogP contribution in [0.5, 0.6) is 0 Å². The molecule has 2 N–H and O–H groups in total.